The highest BCUT2D eigenvalue weighted by Gasteiger charge is 2.13. The summed E-state index contributed by atoms with van der Waals surface area (Å²) in [5.41, 5.74) is 3.71. The maximum atomic E-state index is 5.65. The van der Waals surface area contributed by atoms with Crippen molar-refractivity contribution in [3.63, 3.8) is 0 Å². The highest BCUT2D eigenvalue weighted by molar-refractivity contribution is 7.27. The number of para-hydroxylation sites is 1. The average molecular weight is 244 g/mol. The van der Waals surface area contributed by atoms with Gasteiger partial charge in [0.05, 0.1) is 0 Å². The van der Waals surface area contributed by atoms with Gasteiger partial charge in [-0.2, -0.15) is 0 Å². The minimum Gasteiger partial charge on any atom is -0.440 e. The number of rotatable bonds is 0. The second kappa shape index (κ2) is 4.38. The van der Waals surface area contributed by atoms with Crippen molar-refractivity contribution in [2.45, 2.75) is 13.3 Å². The first-order valence-electron chi connectivity index (χ1n) is 5.59. The number of hydrogen-bond acceptors (Lipinski definition) is 2. The lowest BCUT2D eigenvalue weighted by Crippen LogP contribution is -1.99. The first-order chi connectivity index (χ1) is 8.33. The normalized spacial score (nSPS) is 14.9. The summed E-state index contributed by atoms with van der Waals surface area (Å²) >= 11 is 0. The average Bonchev–Trinajstić information content (AvgIpc) is 2.31. The lowest BCUT2D eigenvalue weighted by Gasteiger charge is -2.18. The van der Waals surface area contributed by atoms with Crippen molar-refractivity contribution < 1.29 is 9.05 Å². The van der Waals surface area contributed by atoms with Crippen LogP contribution in [0, 0.1) is 6.92 Å². The van der Waals surface area contributed by atoms with Crippen LogP contribution in [0.4, 0.5) is 0 Å². The van der Waals surface area contributed by atoms with Crippen molar-refractivity contribution in [1.29, 1.82) is 0 Å². The molecule has 3 heteroatoms. The molecule has 1 unspecified atom stereocenters. The van der Waals surface area contributed by atoms with Gasteiger partial charge in [-0.05, 0) is 30.2 Å². The van der Waals surface area contributed by atoms with Crippen LogP contribution in [-0.4, -0.2) is 0 Å². The van der Waals surface area contributed by atoms with Gasteiger partial charge in [0.15, 0.2) is 0 Å². The van der Waals surface area contributed by atoms with E-state index in [0.717, 1.165) is 17.9 Å². The zero-order chi connectivity index (χ0) is 11.7. The Labute approximate surface area is 103 Å². The summed E-state index contributed by atoms with van der Waals surface area (Å²) in [5.74, 6) is 1.86. The molecule has 0 saturated carbocycles. The maximum Gasteiger partial charge on any atom is 0.275 e. The molecular weight excluding hydrogens is 231 g/mol. The molecular formula is C14H13O2P. The highest BCUT2D eigenvalue weighted by Crippen LogP contribution is 2.35. The quantitative estimate of drug-likeness (QED) is 0.655. The zero-order valence-corrected chi connectivity index (χ0v) is 10.6. The lowest BCUT2D eigenvalue weighted by molar-refractivity contribution is 0.502. The van der Waals surface area contributed by atoms with Gasteiger partial charge in [-0.15, -0.1) is 0 Å². The standard InChI is InChI=1S/C14H13O2P/c1-10-6-7-14-12(8-10)9-11-4-2-3-5-13(11)15-17-16-14/h2-8,17H,9H2,1H3. The van der Waals surface area contributed by atoms with Crippen LogP contribution in [0.15, 0.2) is 42.5 Å². The monoisotopic (exact) mass is 244 g/mol. The van der Waals surface area contributed by atoms with Gasteiger partial charge in [0.1, 0.15) is 11.5 Å². The van der Waals surface area contributed by atoms with Gasteiger partial charge in [0.2, 0.25) is 0 Å². The molecule has 3 rings (SSSR count). The second-order valence-electron chi connectivity index (χ2n) is 4.18. The first kappa shape index (κ1) is 10.6. The Morgan fingerprint density at radius 2 is 1.71 bits per heavy atom. The summed E-state index contributed by atoms with van der Waals surface area (Å²) in [5, 5.41) is 0. The number of aryl methyl sites for hydroxylation is 1. The van der Waals surface area contributed by atoms with E-state index < -0.39 is 0 Å². The molecule has 0 bridgehead atoms. The second-order valence-corrected chi connectivity index (χ2v) is 4.76. The molecule has 1 heterocycles. The largest absolute Gasteiger partial charge is 0.440 e. The van der Waals surface area contributed by atoms with Gasteiger partial charge in [-0.1, -0.05) is 35.9 Å². The Bertz CT molecular complexity index is 552. The van der Waals surface area contributed by atoms with Gasteiger partial charge in [0.25, 0.3) is 9.03 Å². The predicted octanol–water partition coefficient (Wildman–Crippen LogP) is 3.87. The summed E-state index contributed by atoms with van der Waals surface area (Å²) in [6.45, 7) is 2.10. The van der Waals surface area contributed by atoms with Crippen molar-refractivity contribution in [1.82, 2.24) is 0 Å². The fraction of sp³-hybridized carbons (Fsp3) is 0.143. The Hall–Kier alpha value is -1.53. The summed E-state index contributed by atoms with van der Waals surface area (Å²) in [6, 6.07) is 14.4. The van der Waals surface area contributed by atoms with Crippen LogP contribution in [0.3, 0.4) is 0 Å². The SMILES string of the molecule is Cc1ccc2c(c1)Cc1ccccc1OPO2. The zero-order valence-electron chi connectivity index (χ0n) is 9.57. The molecule has 2 aromatic rings. The number of hydrogen-bond donors (Lipinski definition) is 0. The van der Waals surface area contributed by atoms with Gasteiger partial charge in [-0.25, -0.2) is 0 Å². The lowest BCUT2D eigenvalue weighted by atomic mass is 10.0. The molecule has 0 fully saturated rings. The first-order valence-corrected chi connectivity index (χ1v) is 6.41. The topological polar surface area (TPSA) is 18.5 Å². The highest BCUT2D eigenvalue weighted by atomic mass is 31.1. The van der Waals surface area contributed by atoms with Crippen LogP contribution in [0.2, 0.25) is 0 Å². The molecule has 86 valence electrons. The van der Waals surface area contributed by atoms with E-state index >= 15 is 0 Å². The molecule has 2 nitrogen and oxygen atoms in total. The van der Waals surface area contributed by atoms with E-state index in [1.807, 2.05) is 24.3 Å². The molecule has 1 aliphatic heterocycles. The Morgan fingerprint density at radius 1 is 0.941 bits per heavy atom. The molecule has 0 spiro atoms. The Balaban J connectivity index is 2.07. The maximum absolute atomic E-state index is 5.65. The Morgan fingerprint density at radius 3 is 2.59 bits per heavy atom. The van der Waals surface area contributed by atoms with Gasteiger partial charge >= 0.3 is 0 Å². The summed E-state index contributed by atoms with van der Waals surface area (Å²) in [7, 11) is 0.0211. The van der Waals surface area contributed by atoms with E-state index in [-0.39, 0.29) is 9.03 Å². The summed E-state index contributed by atoms with van der Waals surface area (Å²) in [6.07, 6.45) is 0.859. The molecule has 0 saturated heterocycles. The molecule has 0 N–H and O–H groups in total. The van der Waals surface area contributed by atoms with E-state index in [1.54, 1.807) is 0 Å². The number of benzene rings is 2. The van der Waals surface area contributed by atoms with Crippen LogP contribution in [0.5, 0.6) is 11.5 Å². The molecule has 0 amide bonds. The van der Waals surface area contributed by atoms with E-state index in [4.69, 9.17) is 9.05 Å². The van der Waals surface area contributed by atoms with Gasteiger partial charge in [0, 0.05) is 6.42 Å². The van der Waals surface area contributed by atoms with Gasteiger partial charge in [-0.3, -0.25) is 0 Å². The molecule has 0 aliphatic carbocycles. The summed E-state index contributed by atoms with van der Waals surface area (Å²) in [4.78, 5) is 0. The number of fused-ring (bicyclic) bond motifs is 2. The van der Waals surface area contributed by atoms with Crippen LogP contribution in [-0.2, 0) is 6.42 Å². The van der Waals surface area contributed by atoms with Crippen LogP contribution in [0.1, 0.15) is 16.7 Å². The molecule has 0 aromatic heterocycles. The third kappa shape index (κ3) is 2.13. The van der Waals surface area contributed by atoms with Crippen LogP contribution >= 0.6 is 9.03 Å². The third-order valence-electron chi connectivity index (χ3n) is 2.87. The van der Waals surface area contributed by atoms with Crippen molar-refractivity contribution >= 4 is 9.03 Å². The molecule has 1 atom stereocenters. The minimum absolute atomic E-state index is 0.0211. The van der Waals surface area contributed by atoms with Crippen molar-refractivity contribution in [2.24, 2.45) is 0 Å². The van der Waals surface area contributed by atoms with Crippen LogP contribution < -0.4 is 9.05 Å². The molecule has 17 heavy (non-hydrogen) atoms. The van der Waals surface area contributed by atoms with E-state index in [9.17, 15) is 0 Å². The van der Waals surface area contributed by atoms with Crippen molar-refractivity contribution in [2.75, 3.05) is 0 Å². The Kier molecular flexibility index (Phi) is 2.74. The molecule has 0 radical (unpaired) electrons. The predicted molar refractivity (Wildman–Crippen MR) is 70.0 cm³/mol. The van der Waals surface area contributed by atoms with Crippen LogP contribution in [0.25, 0.3) is 0 Å². The molecule has 1 aliphatic rings. The van der Waals surface area contributed by atoms with E-state index in [2.05, 4.69) is 25.1 Å². The minimum atomic E-state index is 0.0211. The summed E-state index contributed by atoms with van der Waals surface area (Å²) < 4.78 is 11.3. The van der Waals surface area contributed by atoms with Crippen molar-refractivity contribution in [3.05, 3.63) is 59.2 Å². The molecule has 2 aromatic carbocycles. The van der Waals surface area contributed by atoms with E-state index in [0.29, 0.717) is 0 Å². The smallest absolute Gasteiger partial charge is 0.275 e. The third-order valence-corrected chi connectivity index (χ3v) is 3.48. The van der Waals surface area contributed by atoms with Gasteiger partial charge < -0.3 is 9.05 Å². The fourth-order valence-electron chi connectivity index (χ4n) is 2.01. The fourth-order valence-corrected chi connectivity index (χ4v) is 2.63. The van der Waals surface area contributed by atoms with E-state index in [1.165, 1.54) is 16.7 Å². The van der Waals surface area contributed by atoms with Crippen molar-refractivity contribution in [3.8, 4) is 11.5 Å².